The number of nitrogens with two attached hydrogens (primary N) is 1. The van der Waals surface area contributed by atoms with E-state index in [2.05, 4.69) is 25.9 Å². The molecule has 2 N–H and O–H groups in total. The number of ether oxygens (including phenoxy) is 1. The molecule has 0 fully saturated rings. The van der Waals surface area contributed by atoms with Crippen LogP contribution in [0, 0.1) is 0 Å². The van der Waals surface area contributed by atoms with Crippen molar-refractivity contribution in [3.8, 4) is 5.69 Å². The molecule has 0 bridgehead atoms. The quantitative estimate of drug-likeness (QED) is 0.870. The molecule has 1 heterocycles. The van der Waals surface area contributed by atoms with Crippen LogP contribution < -0.4 is 5.73 Å². The lowest BCUT2D eigenvalue weighted by Crippen LogP contribution is -2.13. The number of nitrogens with zero attached hydrogens (tertiary/aromatic N) is 2. The Morgan fingerprint density at radius 3 is 2.43 bits per heavy atom. The van der Waals surface area contributed by atoms with E-state index >= 15 is 0 Å². The molecule has 0 radical (unpaired) electrons. The standard InChI is InChI=1S/C16H21N3O2.C2H6/c1-5-21-15(20)11-7-6-8-12(9-11)19-14(17)10-13(18-19)16(2,3)4;1-2/h6-10H,5,17H2,1-4H3;1-2H3. The third-order valence-corrected chi connectivity index (χ3v) is 3.11. The summed E-state index contributed by atoms with van der Waals surface area (Å²) >= 11 is 0. The van der Waals surface area contributed by atoms with Gasteiger partial charge in [0.1, 0.15) is 5.82 Å². The zero-order chi connectivity index (χ0) is 17.6. The maximum Gasteiger partial charge on any atom is 0.338 e. The second-order valence-corrected chi connectivity index (χ2v) is 5.89. The molecule has 0 saturated heterocycles. The zero-order valence-corrected chi connectivity index (χ0v) is 14.9. The van der Waals surface area contributed by atoms with E-state index in [9.17, 15) is 4.79 Å². The van der Waals surface area contributed by atoms with Gasteiger partial charge in [-0.2, -0.15) is 5.10 Å². The summed E-state index contributed by atoms with van der Waals surface area (Å²) in [4.78, 5) is 11.8. The van der Waals surface area contributed by atoms with Crippen LogP contribution in [0.3, 0.4) is 0 Å². The van der Waals surface area contributed by atoms with Crippen LogP contribution in [0.15, 0.2) is 30.3 Å². The van der Waals surface area contributed by atoms with Gasteiger partial charge in [0.15, 0.2) is 0 Å². The average Bonchev–Trinajstić information content (AvgIpc) is 2.92. The number of anilines is 1. The summed E-state index contributed by atoms with van der Waals surface area (Å²) in [6, 6.07) is 8.95. The fraction of sp³-hybridized carbons (Fsp3) is 0.444. The highest BCUT2D eigenvalue weighted by atomic mass is 16.5. The van der Waals surface area contributed by atoms with E-state index in [0.29, 0.717) is 18.0 Å². The topological polar surface area (TPSA) is 70.1 Å². The summed E-state index contributed by atoms with van der Waals surface area (Å²) in [6.07, 6.45) is 0. The Hall–Kier alpha value is -2.30. The van der Waals surface area contributed by atoms with E-state index in [1.54, 1.807) is 29.8 Å². The molecule has 1 aromatic heterocycles. The molecular weight excluding hydrogens is 290 g/mol. The van der Waals surface area contributed by atoms with Gasteiger partial charge in [0.05, 0.1) is 23.6 Å². The Morgan fingerprint density at radius 1 is 1.26 bits per heavy atom. The summed E-state index contributed by atoms with van der Waals surface area (Å²) in [5, 5.41) is 4.54. The van der Waals surface area contributed by atoms with Gasteiger partial charge in [-0.25, -0.2) is 9.48 Å². The van der Waals surface area contributed by atoms with Crippen LogP contribution in [0.25, 0.3) is 5.69 Å². The van der Waals surface area contributed by atoms with Gasteiger partial charge >= 0.3 is 5.97 Å². The maximum atomic E-state index is 11.8. The van der Waals surface area contributed by atoms with Crippen LogP contribution >= 0.6 is 0 Å². The number of carbonyl (C=O) groups is 1. The largest absolute Gasteiger partial charge is 0.462 e. The van der Waals surface area contributed by atoms with E-state index in [4.69, 9.17) is 10.5 Å². The van der Waals surface area contributed by atoms with Crippen molar-refractivity contribution in [3.63, 3.8) is 0 Å². The molecule has 2 rings (SSSR count). The second-order valence-electron chi connectivity index (χ2n) is 5.89. The van der Waals surface area contributed by atoms with Gasteiger partial charge in [0.25, 0.3) is 0 Å². The Morgan fingerprint density at radius 2 is 1.91 bits per heavy atom. The van der Waals surface area contributed by atoms with E-state index in [1.165, 1.54) is 0 Å². The predicted molar refractivity (Wildman–Crippen MR) is 94.0 cm³/mol. The highest BCUT2D eigenvalue weighted by Crippen LogP contribution is 2.25. The summed E-state index contributed by atoms with van der Waals surface area (Å²) in [5.74, 6) is 0.196. The molecule has 1 aromatic carbocycles. The van der Waals surface area contributed by atoms with Crippen molar-refractivity contribution >= 4 is 11.8 Å². The summed E-state index contributed by atoms with van der Waals surface area (Å²) in [7, 11) is 0. The van der Waals surface area contributed by atoms with Gasteiger partial charge < -0.3 is 10.5 Å². The molecule has 0 aliphatic rings. The number of rotatable bonds is 3. The first kappa shape index (κ1) is 18.7. The fourth-order valence-electron chi connectivity index (χ4n) is 1.95. The molecule has 0 aliphatic heterocycles. The van der Waals surface area contributed by atoms with Gasteiger partial charge in [-0.3, -0.25) is 0 Å². The Kier molecular flexibility index (Phi) is 6.37. The highest BCUT2D eigenvalue weighted by molar-refractivity contribution is 5.90. The van der Waals surface area contributed by atoms with Crippen molar-refractivity contribution in [2.45, 2.75) is 47.0 Å². The predicted octanol–water partition coefficient (Wildman–Crippen LogP) is 3.95. The molecule has 23 heavy (non-hydrogen) atoms. The molecule has 5 heteroatoms. The highest BCUT2D eigenvalue weighted by Gasteiger charge is 2.19. The minimum absolute atomic E-state index is 0.0852. The third-order valence-electron chi connectivity index (χ3n) is 3.11. The lowest BCUT2D eigenvalue weighted by molar-refractivity contribution is 0.0526. The van der Waals surface area contributed by atoms with Crippen LogP contribution in [0.5, 0.6) is 0 Å². The fourth-order valence-corrected chi connectivity index (χ4v) is 1.95. The second kappa shape index (κ2) is 7.81. The third kappa shape index (κ3) is 4.58. The Labute approximate surface area is 138 Å². The summed E-state index contributed by atoms with van der Waals surface area (Å²) in [5.41, 5.74) is 8.09. The van der Waals surface area contributed by atoms with Gasteiger partial charge in [-0.1, -0.05) is 40.7 Å². The molecule has 5 nitrogen and oxygen atoms in total. The number of nitrogen functional groups attached to an aromatic ring is 1. The molecule has 0 atom stereocenters. The zero-order valence-electron chi connectivity index (χ0n) is 14.9. The van der Waals surface area contributed by atoms with Crippen molar-refractivity contribution in [1.29, 1.82) is 0 Å². The van der Waals surface area contributed by atoms with Crippen LogP contribution in [0.4, 0.5) is 5.82 Å². The van der Waals surface area contributed by atoms with E-state index in [0.717, 1.165) is 11.4 Å². The van der Waals surface area contributed by atoms with Crippen molar-refractivity contribution in [2.24, 2.45) is 0 Å². The molecule has 0 spiro atoms. The van der Waals surface area contributed by atoms with Gasteiger partial charge in [0.2, 0.25) is 0 Å². The lowest BCUT2D eigenvalue weighted by Gasteiger charge is -2.14. The number of hydrogen-bond acceptors (Lipinski definition) is 4. The first-order valence-electron chi connectivity index (χ1n) is 7.96. The van der Waals surface area contributed by atoms with Crippen molar-refractivity contribution < 1.29 is 9.53 Å². The van der Waals surface area contributed by atoms with Gasteiger partial charge in [-0.15, -0.1) is 0 Å². The SMILES string of the molecule is CC.CCOC(=O)c1cccc(-n2nc(C(C)(C)C)cc2N)c1. The molecule has 0 aliphatic carbocycles. The van der Waals surface area contributed by atoms with Crippen LogP contribution in [-0.2, 0) is 10.2 Å². The summed E-state index contributed by atoms with van der Waals surface area (Å²) < 4.78 is 6.65. The van der Waals surface area contributed by atoms with Gasteiger partial charge in [0, 0.05) is 11.5 Å². The van der Waals surface area contributed by atoms with Crippen molar-refractivity contribution in [1.82, 2.24) is 9.78 Å². The van der Waals surface area contributed by atoms with Crippen LogP contribution in [-0.4, -0.2) is 22.4 Å². The van der Waals surface area contributed by atoms with E-state index < -0.39 is 0 Å². The number of aromatic nitrogens is 2. The summed E-state index contributed by atoms with van der Waals surface area (Å²) in [6.45, 7) is 12.4. The van der Waals surface area contributed by atoms with Crippen molar-refractivity contribution in [3.05, 3.63) is 41.6 Å². The van der Waals surface area contributed by atoms with Gasteiger partial charge in [-0.05, 0) is 25.1 Å². The number of hydrogen-bond donors (Lipinski definition) is 1. The number of carbonyl (C=O) groups excluding carboxylic acids is 1. The number of benzene rings is 1. The van der Waals surface area contributed by atoms with E-state index in [1.807, 2.05) is 26.0 Å². The van der Waals surface area contributed by atoms with Crippen LogP contribution in [0.1, 0.15) is 57.6 Å². The molecule has 2 aromatic rings. The molecular formula is C18H27N3O2. The Bertz CT molecular complexity index is 655. The first-order valence-corrected chi connectivity index (χ1v) is 7.96. The molecule has 0 unspecified atom stereocenters. The Balaban J connectivity index is 0.00000127. The maximum absolute atomic E-state index is 11.8. The minimum atomic E-state index is -0.346. The lowest BCUT2D eigenvalue weighted by atomic mass is 9.92. The smallest absolute Gasteiger partial charge is 0.338 e. The molecule has 126 valence electrons. The van der Waals surface area contributed by atoms with Crippen molar-refractivity contribution in [2.75, 3.05) is 12.3 Å². The number of esters is 1. The first-order chi connectivity index (χ1) is 10.8. The minimum Gasteiger partial charge on any atom is -0.462 e. The molecule has 0 amide bonds. The normalized spacial score (nSPS) is 10.7. The monoisotopic (exact) mass is 317 g/mol. The van der Waals surface area contributed by atoms with Crippen LogP contribution in [0.2, 0.25) is 0 Å². The molecule has 0 saturated carbocycles. The van der Waals surface area contributed by atoms with E-state index in [-0.39, 0.29) is 11.4 Å². The average molecular weight is 317 g/mol.